The number of carbonyl (C=O) groups is 2. The third-order valence-corrected chi connectivity index (χ3v) is 3.59. The second-order valence-corrected chi connectivity index (χ2v) is 5.70. The van der Waals surface area contributed by atoms with E-state index in [0.29, 0.717) is 11.1 Å². The molecule has 2 aromatic carbocycles. The molecule has 0 aliphatic rings. The van der Waals surface area contributed by atoms with Crippen LogP contribution in [0.25, 0.3) is 0 Å². The Hall–Kier alpha value is -3.68. The van der Waals surface area contributed by atoms with Crippen molar-refractivity contribution >= 4 is 24.2 Å². The van der Waals surface area contributed by atoms with Gasteiger partial charge in [0.25, 0.3) is 0 Å². The summed E-state index contributed by atoms with van der Waals surface area (Å²) < 4.78 is 0. The van der Waals surface area contributed by atoms with Gasteiger partial charge in [-0.15, -0.1) is 0 Å². The number of phenols is 2. The van der Waals surface area contributed by atoms with Gasteiger partial charge in [0.2, 0.25) is 0 Å². The van der Waals surface area contributed by atoms with Gasteiger partial charge in [-0.25, -0.2) is 0 Å². The van der Waals surface area contributed by atoms with Crippen molar-refractivity contribution in [1.29, 1.82) is 0 Å². The van der Waals surface area contributed by atoms with Crippen LogP contribution in [0, 0.1) is 0 Å². The van der Waals surface area contributed by atoms with Crippen molar-refractivity contribution in [2.75, 3.05) is 26.2 Å². The first-order chi connectivity index (χ1) is 13.6. The van der Waals surface area contributed by atoms with Crippen molar-refractivity contribution in [2.45, 2.75) is 0 Å². The van der Waals surface area contributed by atoms with Gasteiger partial charge in [-0.2, -0.15) is 0 Å². The lowest BCUT2D eigenvalue weighted by Crippen LogP contribution is -2.41. The van der Waals surface area contributed by atoms with Crippen LogP contribution in [0.5, 0.6) is 11.5 Å². The lowest BCUT2D eigenvalue weighted by molar-refractivity contribution is -0.139. The van der Waals surface area contributed by atoms with Crippen LogP contribution in [0.4, 0.5) is 0 Å². The van der Waals surface area contributed by atoms with E-state index in [9.17, 15) is 19.8 Å². The summed E-state index contributed by atoms with van der Waals surface area (Å²) in [6.07, 6.45) is 3.01. The summed E-state index contributed by atoms with van der Waals surface area (Å²) >= 11 is 0. The third kappa shape index (κ3) is 6.91. The van der Waals surface area contributed by atoms with Gasteiger partial charge in [-0.05, 0) is 24.3 Å². The Labute approximate surface area is 162 Å². The molecule has 0 spiro atoms. The fourth-order valence-electron chi connectivity index (χ4n) is 2.15. The normalized spacial score (nSPS) is 11.0. The van der Waals surface area contributed by atoms with Gasteiger partial charge in [0, 0.05) is 36.6 Å². The molecule has 0 unspecified atom stereocenters. The topological polar surface area (TPSA) is 123 Å². The molecule has 2 aromatic rings. The summed E-state index contributed by atoms with van der Waals surface area (Å²) in [6, 6.07) is 13.5. The molecule has 8 nitrogen and oxygen atoms in total. The van der Waals surface area contributed by atoms with Crippen LogP contribution in [0.2, 0.25) is 0 Å². The minimum Gasteiger partial charge on any atom is -0.507 e. The average molecular weight is 382 g/mol. The summed E-state index contributed by atoms with van der Waals surface area (Å²) in [5.74, 6) is -1.25. The monoisotopic (exact) mass is 382 g/mol. The van der Waals surface area contributed by atoms with Crippen molar-refractivity contribution in [1.82, 2.24) is 10.6 Å². The predicted molar refractivity (Wildman–Crippen MR) is 107 cm³/mol. The van der Waals surface area contributed by atoms with E-state index in [4.69, 9.17) is 0 Å². The third-order valence-electron chi connectivity index (χ3n) is 3.59. The van der Waals surface area contributed by atoms with E-state index in [0.717, 1.165) is 0 Å². The molecular formula is C20H22N4O4. The van der Waals surface area contributed by atoms with Crippen LogP contribution in [0.1, 0.15) is 11.1 Å². The van der Waals surface area contributed by atoms with Crippen molar-refractivity contribution < 1.29 is 19.8 Å². The zero-order chi connectivity index (χ0) is 20.2. The second kappa shape index (κ2) is 11.1. The number of phenolic OH excluding ortho intramolecular Hbond substituents is 2. The summed E-state index contributed by atoms with van der Waals surface area (Å²) in [4.78, 5) is 31.5. The van der Waals surface area contributed by atoms with Crippen LogP contribution in [0.3, 0.4) is 0 Å². The maximum Gasteiger partial charge on any atom is 0.309 e. The van der Waals surface area contributed by atoms with Gasteiger partial charge in [0.1, 0.15) is 11.5 Å². The highest BCUT2D eigenvalue weighted by molar-refractivity contribution is 6.35. The Morgan fingerprint density at radius 1 is 0.750 bits per heavy atom. The number of hydrogen-bond acceptors (Lipinski definition) is 6. The fourth-order valence-corrected chi connectivity index (χ4v) is 2.15. The van der Waals surface area contributed by atoms with E-state index < -0.39 is 11.8 Å². The van der Waals surface area contributed by atoms with E-state index in [2.05, 4.69) is 20.6 Å². The highest BCUT2D eigenvalue weighted by atomic mass is 16.3. The molecule has 0 radical (unpaired) electrons. The van der Waals surface area contributed by atoms with E-state index in [1.54, 1.807) is 48.5 Å². The van der Waals surface area contributed by atoms with Crippen molar-refractivity contribution in [3.8, 4) is 11.5 Å². The Balaban J connectivity index is 1.61. The first kappa shape index (κ1) is 20.6. The van der Waals surface area contributed by atoms with Gasteiger partial charge >= 0.3 is 11.8 Å². The smallest absolute Gasteiger partial charge is 0.309 e. The standard InChI is InChI=1S/C20H22N4O4/c25-17-7-3-1-5-15(17)13-21-9-11-23-19(27)20(28)24-12-10-22-14-16-6-2-4-8-18(16)26/h1-8,13-14,25-26H,9-12H2,(H,23,27)(H,24,28). The molecule has 0 fully saturated rings. The molecule has 4 N–H and O–H groups in total. The molecule has 0 saturated heterocycles. The molecule has 0 saturated carbocycles. The fraction of sp³-hybridized carbons (Fsp3) is 0.200. The first-order valence-corrected chi connectivity index (χ1v) is 8.69. The minimum atomic E-state index is -0.748. The summed E-state index contributed by atoms with van der Waals surface area (Å²) in [7, 11) is 0. The van der Waals surface area contributed by atoms with E-state index in [1.807, 2.05) is 0 Å². The largest absolute Gasteiger partial charge is 0.507 e. The first-order valence-electron chi connectivity index (χ1n) is 8.69. The molecule has 8 heteroatoms. The Bertz CT molecular complexity index is 793. The number of aromatic hydroxyl groups is 2. The number of carbonyl (C=O) groups excluding carboxylic acids is 2. The Morgan fingerprint density at radius 2 is 1.14 bits per heavy atom. The van der Waals surface area contributed by atoms with Crippen LogP contribution < -0.4 is 10.6 Å². The second-order valence-electron chi connectivity index (χ2n) is 5.70. The number of para-hydroxylation sites is 2. The van der Waals surface area contributed by atoms with Gasteiger partial charge in [-0.1, -0.05) is 24.3 Å². The number of nitrogens with one attached hydrogen (secondary N) is 2. The maximum absolute atomic E-state index is 11.7. The SMILES string of the molecule is O=C(NCCN=Cc1ccccc1O)C(=O)NCCN=Cc1ccccc1O. The minimum absolute atomic E-state index is 0.125. The lowest BCUT2D eigenvalue weighted by atomic mass is 10.2. The van der Waals surface area contributed by atoms with Crippen LogP contribution in [-0.2, 0) is 9.59 Å². The Kier molecular flexibility index (Phi) is 8.19. The predicted octanol–water partition coefficient (Wildman–Crippen LogP) is 0.868. The van der Waals surface area contributed by atoms with Crippen molar-refractivity contribution in [3.05, 3.63) is 59.7 Å². The molecular weight excluding hydrogens is 360 g/mol. The van der Waals surface area contributed by atoms with Crippen LogP contribution >= 0.6 is 0 Å². The Morgan fingerprint density at radius 3 is 1.54 bits per heavy atom. The molecule has 28 heavy (non-hydrogen) atoms. The molecule has 0 aliphatic carbocycles. The molecule has 146 valence electrons. The summed E-state index contributed by atoms with van der Waals surface area (Å²) in [5, 5.41) is 24.1. The average Bonchev–Trinajstić information content (AvgIpc) is 2.69. The highest BCUT2D eigenvalue weighted by Gasteiger charge is 2.11. The molecule has 2 amide bonds. The van der Waals surface area contributed by atoms with Gasteiger partial charge in [0.15, 0.2) is 0 Å². The zero-order valence-corrected chi connectivity index (χ0v) is 15.2. The van der Waals surface area contributed by atoms with E-state index in [1.165, 1.54) is 12.4 Å². The molecule has 0 aliphatic heterocycles. The zero-order valence-electron chi connectivity index (χ0n) is 15.2. The van der Waals surface area contributed by atoms with Gasteiger partial charge in [0.05, 0.1) is 13.1 Å². The van der Waals surface area contributed by atoms with Gasteiger partial charge in [-0.3, -0.25) is 19.6 Å². The molecule has 0 atom stereocenters. The lowest BCUT2D eigenvalue weighted by Gasteiger charge is -2.04. The number of amides is 2. The summed E-state index contributed by atoms with van der Waals surface area (Å²) in [6.45, 7) is 0.944. The highest BCUT2D eigenvalue weighted by Crippen LogP contribution is 2.13. The summed E-state index contributed by atoms with van der Waals surface area (Å²) in [5.41, 5.74) is 1.16. The number of benzene rings is 2. The molecule has 0 aromatic heterocycles. The molecule has 2 rings (SSSR count). The number of nitrogens with zero attached hydrogens (tertiary/aromatic N) is 2. The van der Waals surface area contributed by atoms with E-state index >= 15 is 0 Å². The number of rotatable bonds is 8. The van der Waals surface area contributed by atoms with Gasteiger partial charge < -0.3 is 20.8 Å². The number of hydrogen-bond donors (Lipinski definition) is 4. The van der Waals surface area contributed by atoms with Crippen molar-refractivity contribution in [3.63, 3.8) is 0 Å². The molecule has 0 bridgehead atoms. The van der Waals surface area contributed by atoms with Crippen LogP contribution in [-0.4, -0.2) is 60.6 Å². The molecule has 0 heterocycles. The van der Waals surface area contributed by atoms with E-state index in [-0.39, 0.29) is 37.7 Å². The number of aliphatic imine (C=N–C) groups is 2. The van der Waals surface area contributed by atoms with Crippen LogP contribution in [0.15, 0.2) is 58.5 Å². The maximum atomic E-state index is 11.7. The quantitative estimate of drug-likeness (QED) is 0.307. The van der Waals surface area contributed by atoms with Crippen molar-refractivity contribution in [2.24, 2.45) is 9.98 Å².